The molecule has 1 unspecified atom stereocenters. The first-order chi connectivity index (χ1) is 16.6. The molecule has 3 rings (SSSR count). The van der Waals surface area contributed by atoms with Gasteiger partial charge >= 0.3 is 0 Å². The van der Waals surface area contributed by atoms with E-state index in [-0.39, 0.29) is 48.9 Å². The van der Waals surface area contributed by atoms with Gasteiger partial charge in [-0.15, -0.1) is 0 Å². The minimum Gasteiger partial charge on any atom is -0.374 e. The predicted molar refractivity (Wildman–Crippen MR) is 136 cm³/mol. The normalized spacial score (nSPS) is 20.6. The Bertz CT molecular complexity index is 948. The lowest BCUT2D eigenvalue weighted by molar-refractivity contribution is -0.130. The number of carbonyl (C=O) groups is 2. The molecule has 35 heavy (non-hydrogen) atoms. The summed E-state index contributed by atoms with van der Waals surface area (Å²) in [5.41, 5.74) is 0. The van der Waals surface area contributed by atoms with Crippen LogP contribution in [0.1, 0.15) is 58.8 Å². The molecule has 0 bridgehead atoms. The van der Waals surface area contributed by atoms with Gasteiger partial charge in [-0.05, 0) is 48.9 Å². The lowest BCUT2D eigenvalue weighted by Crippen LogP contribution is -2.52. The molecule has 1 aromatic carbocycles. The van der Waals surface area contributed by atoms with E-state index in [1.54, 1.807) is 12.1 Å². The van der Waals surface area contributed by atoms with E-state index in [4.69, 9.17) is 16.3 Å². The summed E-state index contributed by atoms with van der Waals surface area (Å²) in [4.78, 5) is 25.6. The van der Waals surface area contributed by atoms with Gasteiger partial charge in [-0.25, -0.2) is 8.42 Å². The predicted octanol–water partition coefficient (Wildman–Crippen LogP) is 3.35. The third kappa shape index (κ3) is 8.44. The third-order valence-electron chi connectivity index (χ3n) is 6.67. The van der Waals surface area contributed by atoms with Crippen molar-refractivity contribution in [1.29, 1.82) is 0 Å². The zero-order chi connectivity index (χ0) is 25.4. The van der Waals surface area contributed by atoms with E-state index in [0.29, 0.717) is 23.8 Å². The number of amides is 2. The van der Waals surface area contributed by atoms with E-state index >= 15 is 0 Å². The molecule has 0 spiro atoms. The second-order valence-corrected chi connectivity index (χ2v) is 12.4. The van der Waals surface area contributed by atoms with Crippen LogP contribution in [0.2, 0.25) is 5.02 Å². The Morgan fingerprint density at radius 3 is 2.51 bits per heavy atom. The van der Waals surface area contributed by atoms with Crippen molar-refractivity contribution in [2.45, 2.75) is 75.8 Å². The van der Waals surface area contributed by atoms with Crippen LogP contribution in [0.3, 0.4) is 0 Å². The van der Waals surface area contributed by atoms with Crippen LogP contribution in [-0.4, -0.2) is 62.9 Å². The third-order valence-corrected chi connectivity index (χ3v) is 8.80. The highest BCUT2D eigenvalue weighted by molar-refractivity contribution is 7.89. The summed E-state index contributed by atoms with van der Waals surface area (Å²) in [5, 5.41) is 6.24. The molecule has 8 nitrogen and oxygen atoms in total. The lowest BCUT2D eigenvalue weighted by atomic mass is 10.00. The average molecular weight is 528 g/mol. The molecule has 1 saturated heterocycles. The number of nitrogens with zero attached hydrogens (tertiary/aromatic N) is 1. The first-order valence-electron chi connectivity index (χ1n) is 12.6. The van der Waals surface area contributed by atoms with Crippen molar-refractivity contribution in [3.05, 3.63) is 29.3 Å². The number of sulfonamides is 1. The van der Waals surface area contributed by atoms with Gasteiger partial charge in [0.25, 0.3) is 0 Å². The maximum absolute atomic E-state index is 13.0. The fourth-order valence-electron chi connectivity index (χ4n) is 4.73. The Balaban J connectivity index is 1.52. The number of halogens is 1. The van der Waals surface area contributed by atoms with E-state index < -0.39 is 22.2 Å². The summed E-state index contributed by atoms with van der Waals surface area (Å²) >= 11 is 5.88. The number of ether oxygens (including phenoxy) is 1. The van der Waals surface area contributed by atoms with Crippen LogP contribution in [-0.2, 0) is 24.3 Å². The fraction of sp³-hybridized carbons (Fsp3) is 0.680. The molecule has 1 saturated carbocycles. The van der Waals surface area contributed by atoms with Crippen LogP contribution in [0.4, 0.5) is 0 Å². The van der Waals surface area contributed by atoms with Crippen molar-refractivity contribution >= 4 is 33.4 Å². The summed E-state index contributed by atoms with van der Waals surface area (Å²) < 4.78 is 33.0. The molecule has 1 aromatic rings. The van der Waals surface area contributed by atoms with E-state index in [9.17, 15) is 18.0 Å². The van der Waals surface area contributed by atoms with Gasteiger partial charge in [0.2, 0.25) is 21.8 Å². The molecule has 2 fully saturated rings. The summed E-state index contributed by atoms with van der Waals surface area (Å²) in [6, 6.07) is 5.43. The van der Waals surface area contributed by atoms with Crippen molar-refractivity contribution in [2.75, 3.05) is 26.2 Å². The SMILES string of the molecule is CC(C)C[C@H](NC(=O)CCC1CCCC1)C(=O)NCC1CN(S(=O)(=O)c2ccc(Cl)cc2)CCO1. The molecule has 2 N–H and O–H groups in total. The second-order valence-electron chi connectivity index (χ2n) is 9.99. The van der Waals surface area contributed by atoms with Crippen molar-refractivity contribution in [2.24, 2.45) is 11.8 Å². The van der Waals surface area contributed by atoms with Gasteiger partial charge in [0.1, 0.15) is 6.04 Å². The van der Waals surface area contributed by atoms with Crippen molar-refractivity contribution < 1.29 is 22.7 Å². The largest absolute Gasteiger partial charge is 0.374 e. The molecule has 0 aromatic heterocycles. The lowest BCUT2D eigenvalue weighted by Gasteiger charge is -2.32. The second kappa shape index (κ2) is 13.0. The quantitative estimate of drug-likeness (QED) is 0.459. The highest BCUT2D eigenvalue weighted by atomic mass is 35.5. The number of morpholine rings is 1. The Kier molecular flexibility index (Phi) is 10.4. The molecule has 0 radical (unpaired) electrons. The number of rotatable bonds is 11. The minimum atomic E-state index is -3.69. The fourth-order valence-corrected chi connectivity index (χ4v) is 6.31. The van der Waals surface area contributed by atoms with E-state index in [1.807, 2.05) is 13.8 Å². The van der Waals surface area contributed by atoms with Crippen molar-refractivity contribution in [3.63, 3.8) is 0 Å². The molecule has 1 aliphatic carbocycles. The van der Waals surface area contributed by atoms with Gasteiger partial charge in [0.05, 0.1) is 17.6 Å². The van der Waals surface area contributed by atoms with Gasteiger partial charge in [0, 0.05) is 31.1 Å². The highest BCUT2D eigenvalue weighted by Gasteiger charge is 2.31. The van der Waals surface area contributed by atoms with Gasteiger partial charge in [-0.3, -0.25) is 9.59 Å². The Morgan fingerprint density at radius 2 is 1.86 bits per heavy atom. The van der Waals surface area contributed by atoms with Gasteiger partial charge < -0.3 is 15.4 Å². The van der Waals surface area contributed by atoms with E-state index in [1.165, 1.54) is 42.1 Å². The summed E-state index contributed by atoms with van der Waals surface area (Å²) in [7, 11) is -3.69. The zero-order valence-corrected chi connectivity index (χ0v) is 22.2. The summed E-state index contributed by atoms with van der Waals surface area (Å²) in [6.45, 7) is 4.79. The molecule has 2 atom stereocenters. The van der Waals surface area contributed by atoms with Gasteiger partial charge in [-0.1, -0.05) is 51.1 Å². The molecular formula is C25H38ClN3O5S. The van der Waals surface area contributed by atoms with E-state index in [2.05, 4.69) is 10.6 Å². The summed E-state index contributed by atoms with van der Waals surface area (Å²) in [6.07, 6.45) is 6.23. The smallest absolute Gasteiger partial charge is 0.243 e. The standard InChI is InChI=1S/C25H38ClN3O5S/c1-18(2)15-23(28-24(30)12-7-19-5-3-4-6-19)25(31)27-16-21-17-29(13-14-34-21)35(32,33)22-10-8-20(26)9-11-22/h8-11,18-19,21,23H,3-7,12-17H2,1-2H3,(H,27,31)(H,28,30)/t21?,23-/m0/s1. The van der Waals surface area contributed by atoms with Gasteiger partial charge in [-0.2, -0.15) is 4.31 Å². The Hall–Kier alpha value is -1.68. The molecule has 196 valence electrons. The van der Waals surface area contributed by atoms with Crippen molar-refractivity contribution in [3.8, 4) is 0 Å². The molecule has 1 aliphatic heterocycles. The molecular weight excluding hydrogens is 490 g/mol. The van der Waals surface area contributed by atoms with E-state index in [0.717, 1.165) is 6.42 Å². The van der Waals surface area contributed by atoms with Gasteiger partial charge in [0.15, 0.2) is 0 Å². The van der Waals surface area contributed by atoms with Crippen LogP contribution in [0.25, 0.3) is 0 Å². The van der Waals surface area contributed by atoms with Crippen LogP contribution in [0.5, 0.6) is 0 Å². The molecule has 10 heteroatoms. The number of hydrogen-bond acceptors (Lipinski definition) is 5. The monoisotopic (exact) mass is 527 g/mol. The highest BCUT2D eigenvalue weighted by Crippen LogP contribution is 2.28. The molecule has 2 amide bonds. The first-order valence-corrected chi connectivity index (χ1v) is 14.4. The van der Waals surface area contributed by atoms with Crippen molar-refractivity contribution in [1.82, 2.24) is 14.9 Å². The number of carbonyl (C=O) groups excluding carboxylic acids is 2. The van der Waals surface area contributed by atoms with Crippen LogP contribution in [0.15, 0.2) is 29.2 Å². The van der Waals surface area contributed by atoms with Crippen LogP contribution < -0.4 is 10.6 Å². The average Bonchev–Trinajstić information content (AvgIpc) is 3.35. The zero-order valence-electron chi connectivity index (χ0n) is 20.7. The Labute approximate surface area is 214 Å². The number of benzene rings is 1. The topological polar surface area (TPSA) is 105 Å². The maximum atomic E-state index is 13.0. The minimum absolute atomic E-state index is 0.0909. The summed E-state index contributed by atoms with van der Waals surface area (Å²) in [5.74, 6) is 0.488. The Morgan fingerprint density at radius 1 is 1.17 bits per heavy atom. The molecule has 2 aliphatic rings. The van der Waals surface area contributed by atoms with Crippen LogP contribution in [0, 0.1) is 11.8 Å². The number of nitrogens with one attached hydrogen (secondary N) is 2. The number of hydrogen-bond donors (Lipinski definition) is 2. The first kappa shape index (κ1) is 27.9. The van der Waals surface area contributed by atoms with Crippen LogP contribution >= 0.6 is 11.6 Å². The maximum Gasteiger partial charge on any atom is 0.243 e. The molecule has 1 heterocycles.